The number of rotatable bonds is 5. The second-order valence-electron chi connectivity index (χ2n) is 5.82. The fourth-order valence-electron chi connectivity index (χ4n) is 3.04. The van der Waals surface area contributed by atoms with Crippen molar-refractivity contribution in [3.63, 3.8) is 0 Å². The molecular weight excluding hydrogens is 250 g/mol. The minimum absolute atomic E-state index is 0.404. The van der Waals surface area contributed by atoms with Crippen LogP contribution in [0.2, 0.25) is 0 Å². The lowest BCUT2D eigenvalue weighted by Crippen LogP contribution is -2.42. The third kappa shape index (κ3) is 3.60. The molecule has 1 aliphatic carbocycles. The molecule has 0 aliphatic heterocycles. The Morgan fingerprint density at radius 3 is 2.85 bits per heavy atom. The van der Waals surface area contributed by atoms with Crippen LogP contribution in [0, 0.1) is 0 Å². The Hall–Kier alpha value is -1.35. The number of hydrogen-bond donors (Lipinski definition) is 0. The van der Waals surface area contributed by atoms with Gasteiger partial charge in [-0.15, -0.1) is 0 Å². The standard InChI is InChI=1S/C17H25NO2/c1-13(11-14-7-4-5-10-17(14)20-3)18(2)15-8-6-9-16(19)12-15/h4-5,7,10,13,15H,6,8-9,11-12H2,1-3H3. The van der Waals surface area contributed by atoms with Gasteiger partial charge >= 0.3 is 0 Å². The summed E-state index contributed by atoms with van der Waals surface area (Å²) in [4.78, 5) is 14.0. The van der Waals surface area contributed by atoms with Gasteiger partial charge in [-0.05, 0) is 44.9 Å². The third-order valence-electron chi connectivity index (χ3n) is 4.44. The molecule has 0 spiro atoms. The van der Waals surface area contributed by atoms with Gasteiger partial charge in [0.2, 0.25) is 0 Å². The van der Waals surface area contributed by atoms with Gasteiger partial charge in [-0.3, -0.25) is 9.69 Å². The molecule has 2 unspecified atom stereocenters. The maximum absolute atomic E-state index is 11.6. The Morgan fingerprint density at radius 2 is 2.15 bits per heavy atom. The molecule has 3 nitrogen and oxygen atoms in total. The average Bonchev–Trinajstić information content (AvgIpc) is 2.47. The van der Waals surface area contributed by atoms with Gasteiger partial charge in [-0.1, -0.05) is 18.2 Å². The zero-order valence-corrected chi connectivity index (χ0v) is 12.8. The van der Waals surface area contributed by atoms with E-state index in [1.807, 2.05) is 12.1 Å². The summed E-state index contributed by atoms with van der Waals surface area (Å²) in [7, 11) is 3.86. The van der Waals surface area contributed by atoms with Crippen LogP contribution in [0.5, 0.6) is 5.75 Å². The lowest BCUT2D eigenvalue weighted by Gasteiger charge is -2.35. The van der Waals surface area contributed by atoms with Gasteiger partial charge in [-0.2, -0.15) is 0 Å². The highest BCUT2D eigenvalue weighted by Crippen LogP contribution is 2.24. The number of likely N-dealkylation sites (N-methyl/N-ethyl adjacent to an activating group) is 1. The topological polar surface area (TPSA) is 29.5 Å². The Bertz CT molecular complexity index is 458. The molecule has 1 aliphatic rings. The zero-order chi connectivity index (χ0) is 14.5. The Balaban J connectivity index is 1.99. The lowest BCUT2D eigenvalue weighted by molar-refractivity contribution is -0.122. The molecule has 2 rings (SSSR count). The highest BCUT2D eigenvalue weighted by molar-refractivity contribution is 5.79. The molecule has 110 valence electrons. The fraction of sp³-hybridized carbons (Fsp3) is 0.588. The summed E-state index contributed by atoms with van der Waals surface area (Å²) in [6.45, 7) is 2.23. The highest BCUT2D eigenvalue weighted by Gasteiger charge is 2.26. The molecule has 1 fully saturated rings. The predicted octanol–water partition coefficient (Wildman–Crippen LogP) is 3.07. The van der Waals surface area contributed by atoms with Crippen molar-refractivity contribution in [2.45, 2.75) is 51.1 Å². The molecule has 0 amide bonds. The molecule has 2 atom stereocenters. The van der Waals surface area contributed by atoms with E-state index in [1.165, 1.54) is 5.56 Å². The van der Waals surface area contributed by atoms with Crippen LogP contribution in [0.15, 0.2) is 24.3 Å². The molecule has 1 saturated carbocycles. The van der Waals surface area contributed by atoms with Crippen molar-refractivity contribution in [1.82, 2.24) is 4.90 Å². The molecule has 20 heavy (non-hydrogen) atoms. The quantitative estimate of drug-likeness (QED) is 0.827. The number of methoxy groups -OCH3 is 1. The summed E-state index contributed by atoms with van der Waals surface area (Å²) in [6.07, 6.45) is 4.61. The molecule has 0 N–H and O–H groups in total. The minimum atomic E-state index is 0.404. The number of ether oxygens (including phenoxy) is 1. The van der Waals surface area contributed by atoms with Crippen LogP contribution in [0.3, 0.4) is 0 Å². The number of para-hydroxylation sites is 1. The van der Waals surface area contributed by atoms with Crippen molar-refractivity contribution in [3.05, 3.63) is 29.8 Å². The van der Waals surface area contributed by atoms with E-state index in [4.69, 9.17) is 4.74 Å². The number of hydrogen-bond acceptors (Lipinski definition) is 3. The van der Waals surface area contributed by atoms with Gasteiger partial charge < -0.3 is 4.74 Å². The van der Waals surface area contributed by atoms with Gasteiger partial charge in [0.05, 0.1) is 7.11 Å². The Labute approximate surface area is 121 Å². The summed E-state index contributed by atoms with van der Waals surface area (Å²) in [6, 6.07) is 8.98. The van der Waals surface area contributed by atoms with Crippen molar-refractivity contribution in [1.29, 1.82) is 0 Å². The van der Waals surface area contributed by atoms with Gasteiger partial charge in [0, 0.05) is 24.9 Å². The Morgan fingerprint density at radius 1 is 1.40 bits per heavy atom. The van der Waals surface area contributed by atoms with Crippen molar-refractivity contribution in [2.75, 3.05) is 14.2 Å². The first-order chi connectivity index (χ1) is 9.61. The van der Waals surface area contributed by atoms with Crippen molar-refractivity contribution < 1.29 is 9.53 Å². The van der Waals surface area contributed by atoms with Crippen LogP contribution in [-0.4, -0.2) is 36.9 Å². The molecule has 0 heterocycles. The zero-order valence-electron chi connectivity index (χ0n) is 12.8. The summed E-state index contributed by atoms with van der Waals surface area (Å²) in [5, 5.41) is 0. The SMILES string of the molecule is COc1ccccc1CC(C)N(C)C1CCCC(=O)C1. The van der Waals surface area contributed by atoms with Crippen molar-refractivity contribution >= 4 is 5.78 Å². The molecule has 0 bridgehead atoms. The van der Waals surface area contributed by atoms with Crippen LogP contribution in [-0.2, 0) is 11.2 Å². The van der Waals surface area contributed by atoms with E-state index in [1.54, 1.807) is 7.11 Å². The summed E-state index contributed by atoms with van der Waals surface area (Å²) >= 11 is 0. The van der Waals surface area contributed by atoms with Crippen LogP contribution in [0.1, 0.15) is 38.2 Å². The molecule has 3 heteroatoms. The number of Topliss-reactive ketones (excluding diaryl/α,β-unsaturated/α-hetero) is 1. The third-order valence-corrected chi connectivity index (χ3v) is 4.44. The smallest absolute Gasteiger partial charge is 0.134 e. The van der Waals surface area contributed by atoms with Gasteiger partial charge in [0.25, 0.3) is 0 Å². The first kappa shape index (κ1) is 15.0. The minimum Gasteiger partial charge on any atom is -0.496 e. The fourth-order valence-corrected chi connectivity index (χ4v) is 3.04. The van der Waals surface area contributed by atoms with E-state index in [-0.39, 0.29) is 0 Å². The van der Waals surface area contributed by atoms with Crippen molar-refractivity contribution in [3.8, 4) is 5.75 Å². The van der Waals surface area contributed by atoms with Crippen LogP contribution in [0.25, 0.3) is 0 Å². The molecule has 1 aromatic carbocycles. The highest BCUT2D eigenvalue weighted by atomic mass is 16.5. The summed E-state index contributed by atoms with van der Waals surface area (Å²) in [5.41, 5.74) is 1.23. The first-order valence-corrected chi connectivity index (χ1v) is 7.47. The second kappa shape index (κ2) is 6.89. The van der Waals surface area contributed by atoms with Crippen LogP contribution in [0.4, 0.5) is 0 Å². The number of carbonyl (C=O) groups excluding carboxylic acids is 1. The summed E-state index contributed by atoms with van der Waals surface area (Å²) < 4.78 is 5.42. The monoisotopic (exact) mass is 275 g/mol. The molecule has 1 aromatic rings. The van der Waals surface area contributed by atoms with E-state index in [9.17, 15) is 4.79 Å². The Kier molecular flexibility index (Phi) is 5.18. The largest absolute Gasteiger partial charge is 0.496 e. The maximum Gasteiger partial charge on any atom is 0.134 e. The van der Waals surface area contributed by atoms with E-state index < -0.39 is 0 Å². The number of ketones is 1. The average molecular weight is 275 g/mol. The van der Waals surface area contributed by atoms with E-state index >= 15 is 0 Å². The lowest BCUT2D eigenvalue weighted by atomic mass is 9.92. The van der Waals surface area contributed by atoms with Gasteiger partial charge in [0.1, 0.15) is 11.5 Å². The number of nitrogens with zero attached hydrogens (tertiary/aromatic N) is 1. The predicted molar refractivity (Wildman–Crippen MR) is 81.2 cm³/mol. The normalized spacial score (nSPS) is 21.0. The number of benzene rings is 1. The first-order valence-electron chi connectivity index (χ1n) is 7.47. The molecule has 0 saturated heterocycles. The van der Waals surface area contributed by atoms with E-state index in [2.05, 4.69) is 31.0 Å². The maximum atomic E-state index is 11.6. The summed E-state index contributed by atoms with van der Waals surface area (Å²) in [5.74, 6) is 1.37. The van der Waals surface area contributed by atoms with Crippen LogP contribution < -0.4 is 4.74 Å². The van der Waals surface area contributed by atoms with E-state index in [0.29, 0.717) is 24.3 Å². The van der Waals surface area contributed by atoms with Gasteiger partial charge in [0.15, 0.2) is 0 Å². The van der Waals surface area contributed by atoms with E-state index in [0.717, 1.165) is 31.4 Å². The molecule has 0 aromatic heterocycles. The number of carbonyl (C=O) groups is 1. The van der Waals surface area contributed by atoms with Gasteiger partial charge in [-0.25, -0.2) is 0 Å². The molecule has 0 radical (unpaired) electrons. The van der Waals surface area contributed by atoms with Crippen molar-refractivity contribution in [2.24, 2.45) is 0 Å². The second-order valence-corrected chi connectivity index (χ2v) is 5.82. The molecular formula is C17H25NO2. The van der Waals surface area contributed by atoms with Crippen LogP contribution >= 0.6 is 0 Å².